The maximum Gasteiger partial charge on any atom is 0.00671 e. The molecule has 94 valence electrons. The van der Waals surface area contributed by atoms with Crippen LogP contribution in [0.25, 0.3) is 0 Å². The predicted octanol–water partition coefficient (Wildman–Crippen LogP) is 4.13. The summed E-state index contributed by atoms with van der Waals surface area (Å²) in [5, 5.41) is 3.85. The van der Waals surface area contributed by atoms with Crippen LogP contribution in [0.4, 0.5) is 0 Å². The van der Waals surface area contributed by atoms with Crippen molar-refractivity contribution < 1.29 is 0 Å². The second kappa shape index (κ2) is 5.53. The molecule has 1 N–H and O–H groups in total. The first-order valence-electron chi connectivity index (χ1n) is 7.42. The second-order valence-electron chi connectivity index (χ2n) is 6.67. The average Bonchev–Trinajstić information content (AvgIpc) is 2.28. The van der Waals surface area contributed by atoms with Crippen LogP contribution in [0.1, 0.15) is 71.6 Å². The van der Waals surface area contributed by atoms with E-state index in [1.54, 1.807) is 0 Å². The van der Waals surface area contributed by atoms with Gasteiger partial charge in [-0.2, -0.15) is 0 Å². The molecule has 0 aromatic rings. The third-order valence-corrected chi connectivity index (χ3v) is 4.99. The van der Waals surface area contributed by atoms with Crippen LogP contribution >= 0.6 is 0 Å². The van der Waals surface area contributed by atoms with Crippen molar-refractivity contribution in [3.05, 3.63) is 0 Å². The lowest BCUT2D eigenvalue weighted by Crippen LogP contribution is -2.40. The summed E-state index contributed by atoms with van der Waals surface area (Å²) in [6.07, 6.45) is 13.0. The van der Waals surface area contributed by atoms with E-state index in [0.717, 1.165) is 12.0 Å². The molecule has 2 aliphatic rings. The van der Waals surface area contributed by atoms with E-state index in [-0.39, 0.29) is 0 Å². The van der Waals surface area contributed by atoms with Crippen LogP contribution in [0.2, 0.25) is 0 Å². The molecular weight excluding hydrogens is 194 g/mol. The highest BCUT2D eigenvalue weighted by molar-refractivity contribution is 4.85. The highest BCUT2D eigenvalue weighted by Gasteiger charge is 2.32. The molecular formula is C15H29N. The summed E-state index contributed by atoms with van der Waals surface area (Å²) in [7, 11) is 0. The zero-order valence-corrected chi connectivity index (χ0v) is 11.2. The maximum atomic E-state index is 3.85. The summed E-state index contributed by atoms with van der Waals surface area (Å²) in [6.45, 7) is 6.22. The Hall–Kier alpha value is -0.0400. The van der Waals surface area contributed by atoms with Crippen LogP contribution in [0.15, 0.2) is 0 Å². The van der Waals surface area contributed by atoms with Gasteiger partial charge in [0.05, 0.1) is 0 Å². The fraction of sp³-hybridized carbons (Fsp3) is 1.00. The second-order valence-corrected chi connectivity index (χ2v) is 6.67. The van der Waals surface area contributed by atoms with Crippen LogP contribution in [0.5, 0.6) is 0 Å². The van der Waals surface area contributed by atoms with E-state index >= 15 is 0 Å². The summed E-state index contributed by atoms with van der Waals surface area (Å²) in [4.78, 5) is 0. The zero-order chi connectivity index (χ0) is 11.4. The predicted molar refractivity (Wildman–Crippen MR) is 70.6 cm³/mol. The van der Waals surface area contributed by atoms with Crippen LogP contribution in [0.3, 0.4) is 0 Å². The summed E-state index contributed by atoms with van der Waals surface area (Å²) in [5.74, 6) is 0.920. The fourth-order valence-electron chi connectivity index (χ4n) is 3.56. The molecule has 2 saturated carbocycles. The van der Waals surface area contributed by atoms with Crippen molar-refractivity contribution in [3.63, 3.8) is 0 Å². The third kappa shape index (κ3) is 3.23. The van der Waals surface area contributed by atoms with E-state index in [9.17, 15) is 0 Å². The van der Waals surface area contributed by atoms with E-state index in [4.69, 9.17) is 0 Å². The maximum absolute atomic E-state index is 3.85. The molecule has 0 amide bonds. The van der Waals surface area contributed by atoms with Crippen LogP contribution in [-0.2, 0) is 0 Å². The van der Waals surface area contributed by atoms with E-state index in [1.165, 1.54) is 64.3 Å². The number of hydrogen-bond donors (Lipinski definition) is 1. The Balaban J connectivity index is 1.75. The minimum Gasteiger partial charge on any atom is -0.314 e. The van der Waals surface area contributed by atoms with Crippen molar-refractivity contribution >= 4 is 0 Å². The summed E-state index contributed by atoms with van der Waals surface area (Å²) >= 11 is 0. The van der Waals surface area contributed by atoms with Gasteiger partial charge in [-0.05, 0) is 43.6 Å². The van der Waals surface area contributed by atoms with E-state index < -0.39 is 0 Å². The Bertz CT molecular complexity index is 203. The topological polar surface area (TPSA) is 12.0 Å². The fourth-order valence-corrected chi connectivity index (χ4v) is 3.56. The van der Waals surface area contributed by atoms with E-state index in [0.29, 0.717) is 5.41 Å². The average molecular weight is 223 g/mol. The minimum atomic E-state index is 0.583. The molecule has 1 unspecified atom stereocenters. The normalized spacial score (nSPS) is 31.5. The Labute approximate surface area is 101 Å². The quantitative estimate of drug-likeness (QED) is 0.758. The summed E-state index contributed by atoms with van der Waals surface area (Å²) < 4.78 is 0. The highest BCUT2D eigenvalue weighted by Crippen LogP contribution is 2.40. The lowest BCUT2D eigenvalue weighted by Gasteiger charge is -2.40. The molecule has 1 atom stereocenters. The van der Waals surface area contributed by atoms with Crippen molar-refractivity contribution in [2.75, 3.05) is 6.54 Å². The van der Waals surface area contributed by atoms with Crippen LogP contribution < -0.4 is 5.32 Å². The molecule has 0 aliphatic heterocycles. The van der Waals surface area contributed by atoms with Crippen molar-refractivity contribution in [1.29, 1.82) is 0 Å². The van der Waals surface area contributed by atoms with Crippen molar-refractivity contribution in [1.82, 2.24) is 5.32 Å². The molecule has 0 radical (unpaired) electrons. The van der Waals surface area contributed by atoms with Gasteiger partial charge in [0.15, 0.2) is 0 Å². The van der Waals surface area contributed by atoms with Crippen molar-refractivity contribution in [2.45, 2.75) is 77.7 Å². The molecule has 0 heterocycles. The monoisotopic (exact) mass is 223 g/mol. The largest absolute Gasteiger partial charge is 0.314 e. The van der Waals surface area contributed by atoms with Crippen LogP contribution in [-0.4, -0.2) is 12.6 Å². The third-order valence-electron chi connectivity index (χ3n) is 4.99. The van der Waals surface area contributed by atoms with Gasteiger partial charge in [0.1, 0.15) is 0 Å². The molecule has 0 saturated heterocycles. The molecule has 0 bridgehead atoms. The Morgan fingerprint density at radius 3 is 2.31 bits per heavy atom. The van der Waals surface area contributed by atoms with Gasteiger partial charge in [-0.1, -0.05) is 46.0 Å². The van der Waals surface area contributed by atoms with Gasteiger partial charge >= 0.3 is 0 Å². The van der Waals surface area contributed by atoms with E-state index in [2.05, 4.69) is 19.2 Å². The number of rotatable bonds is 3. The zero-order valence-electron chi connectivity index (χ0n) is 11.2. The van der Waals surface area contributed by atoms with Gasteiger partial charge in [-0.3, -0.25) is 0 Å². The van der Waals surface area contributed by atoms with Crippen molar-refractivity contribution in [2.24, 2.45) is 11.3 Å². The van der Waals surface area contributed by atoms with Crippen molar-refractivity contribution in [3.8, 4) is 0 Å². The molecule has 0 spiro atoms. The Morgan fingerprint density at radius 2 is 1.62 bits per heavy atom. The Morgan fingerprint density at radius 1 is 0.938 bits per heavy atom. The first-order valence-corrected chi connectivity index (χ1v) is 7.42. The molecule has 2 fully saturated rings. The minimum absolute atomic E-state index is 0.583. The lowest BCUT2D eigenvalue weighted by atomic mass is 9.69. The molecule has 1 nitrogen and oxygen atoms in total. The summed E-state index contributed by atoms with van der Waals surface area (Å²) in [5.41, 5.74) is 0.583. The smallest absolute Gasteiger partial charge is 0.00671 e. The van der Waals surface area contributed by atoms with Gasteiger partial charge in [0.25, 0.3) is 0 Å². The SMILES string of the molecule is CC1(C)CCCCC1CNC1CCCCC1. The number of nitrogens with one attached hydrogen (secondary N) is 1. The molecule has 2 aliphatic carbocycles. The first-order chi connectivity index (χ1) is 7.68. The van der Waals surface area contributed by atoms with Gasteiger partial charge in [0.2, 0.25) is 0 Å². The van der Waals surface area contributed by atoms with Gasteiger partial charge in [-0.25, -0.2) is 0 Å². The lowest BCUT2D eigenvalue weighted by molar-refractivity contribution is 0.130. The molecule has 0 aromatic carbocycles. The van der Waals surface area contributed by atoms with Gasteiger partial charge < -0.3 is 5.32 Å². The van der Waals surface area contributed by atoms with Gasteiger partial charge in [0, 0.05) is 6.04 Å². The number of hydrogen-bond acceptors (Lipinski definition) is 1. The molecule has 2 rings (SSSR count). The van der Waals surface area contributed by atoms with Crippen LogP contribution in [0, 0.1) is 11.3 Å². The first kappa shape index (κ1) is 12.4. The van der Waals surface area contributed by atoms with E-state index in [1.807, 2.05) is 0 Å². The molecule has 0 aromatic heterocycles. The summed E-state index contributed by atoms with van der Waals surface area (Å²) in [6, 6.07) is 0.839. The standard InChI is InChI=1S/C15H29N/c1-15(2)11-7-6-8-13(15)12-16-14-9-4-3-5-10-14/h13-14,16H,3-12H2,1-2H3. The molecule has 1 heteroatoms. The van der Waals surface area contributed by atoms with Gasteiger partial charge in [-0.15, -0.1) is 0 Å². The highest BCUT2D eigenvalue weighted by atomic mass is 14.9. The Kier molecular flexibility index (Phi) is 4.29. The molecule has 16 heavy (non-hydrogen) atoms.